The van der Waals surface area contributed by atoms with Crippen LogP contribution in [0.1, 0.15) is 25.7 Å². The summed E-state index contributed by atoms with van der Waals surface area (Å²) in [4.78, 5) is 20.1. The predicted octanol–water partition coefficient (Wildman–Crippen LogP) is -3.40. The van der Waals surface area contributed by atoms with Crippen LogP contribution >= 0.6 is 0 Å². The minimum atomic E-state index is -0.970. The maximum atomic E-state index is 10.0. The Morgan fingerprint density at radius 2 is 1.24 bits per heavy atom. The van der Waals surface area contributed by atoms with Gasteiger partial charge in [-0.15, -0.1) is 0 Å². The van der Waals surface area contributed by atoms with Gasteiger partial charge in [-0.25, -0.2) is 0 Å². The van der Waals surface area contributed by atoms with Gasteiger partial charge in [0.1, 0.15) is 0 Å². The first-order valence-corrected chi connectivity index (χ1v) is 5.49. The third-order valence-electron chi connectivity index (χ3n) is 2.69. The second-order valence-corrected chi connectivity index (χ2v) is 3.94. The molecular weight excluding hydrogens is 419 g/mol. The van der Waals surface area contributed by atoms with E-state index in [1.54, 1.807) is 0 Å². The number of hydrogen-bond donors (Lipinski definition) is 2. The van der Waals surface area contributed by atoms with Crippen molar-refractivity contribution in [1.29, 1.82) is 0 Å². The summed E-state index contributed by atoms with van der Waals surface area (Å²) in [5, 5.41) is 25.6. The summed E-state index contributed by atoms with van der Waals surface area (Å²) in [6, 6.07) is -0.759. The van der Waals surface area contributed by atoms with Crippen LogP contribution in [0.15, 0.2) is 0 Å². The minimum Gasteiger partial charge on any atom is -0.548 e. The fraction of sp³-hybridized carbons (Fsp3) is 0.800. The second kappa shape index (κ2) is 8.81. The van der Waals surface area contributed by atoms with Crippen LogP contribution in [0.3, 0.4) is 0 Å². The zero-order valence-electron chi connectivity index (χ0n) is 9.53. The molecule has 0 bridgehead atoms. The third-order valence-corrected chi connectivity index (χ3v) is 2.69. The number of carboxylic acid groups (broad SMARTS) is 2. The van der Waals surface area contributed by atoms with E-state index in [9.17, 15) is 19.8 Å². The molecule has 2 heterocycles. The molecule has 7 heteroatoms. The Balaban J connectivity index is 0.000000284. The van der Waals surface area contributed by atoms with Gasteiger partial charge in [0.2, 0.25) is 0 Å². The Morgan fingerprint density at radius 1 is 0.882 bits per heavy atom. The van der Waals surface area contributed by atoms with Crippen LogP contribution in [0.5, 0.6) is 0 Å². The molecule has 2 rings (SSSR count). The number of carbonyl (C=O) groups excluding carboxylic acids is 2. The number of rotatable bonds is 2. The molecule has 0 saturated carbocycles. The van der Waals surface area contributed by atoms with E-state index in [2.05, 4.69) is 10.6 Å². The average molecular weight is 435 g/mol. The van der Waals surface area contributed by atoms with E-state index < -0.39 is 11.9 Å². The smallest absolute Gasteiger partial charge is 0.548 e. The van der Waals surface area contributed by atoms with E-state index >= 15 is 0 Å². The normalized spacial score (nSPS) is 26.6. The molecule has 6 nitrogen and oxygen atoms in total. The molecule has 2 aliphatic heterocycles. The molecule has 0 unspecified atom stereocenters. The summed E-state index contributed by atoms with van der Waals surface area (Å²) < 4.78 is 0. The monoisotopic (exact) mass is 436 g/mol. The van der Waals surface area contributed by atoms with Gasteiger partial charge in [0.05, 0.1) is 11.9 Å². The standard InChI is InChI=1S/2C5H9NO2.Pb/c2*7-5(8)4-2-1-3-6-4;/h2*4,6H,1-3H2,(H,7,8);/q;;+2/p-2/t2*4-;/m00./s1. The van der Waals surface area contributed by atoms with Gasteiger partial charge in [0.25, 0.3) is 0 Å². The Hall–Kier alpha value is -0.218. The Labute approximate surface area is 120 Å². The molecule has 0 aliphatic carbocycles. The predicted molar refractivity (Wildman–Crippen MR) is 57.8 cm³/mol. The minimum absolute atomic E-state index is 0. The molecular formula is C10H16N2O4Pb. The van der Waals surface area contributed by atoms with E-state index in [0.29, 0.717) is 0 Å². The second-order valence-electron chi connectivity index (χ2n) is 3.94. The Kier molecular flexibility index (Phi) is 8.70. The summed E-state index contributed by atoms with van der Waals surface area (Å²) in [7, 11) is 0. The molecule has 94 valence electrons. The largest absolute Gasteiger partial charge is 2.00 e. The number of hydrogen-bond acceptors (Lipinski definition) is 6. The molecule has 17 heavy (non-hydrogen) atoms. The first-order valence-electron chi connectivity index (χ1n) is 5.49. The van der Waals surface area contributed by atoms with E-state index in [-0.39, 0.29) is 39.4 Å². The number of nitrogens with one attached hydrogen (secondary N) is 2. The first kappa shape index (κ1) is 16.8. The zero-order valence-corrected chi connectivity index (χ0v) is 13.4. The van der Waals surface area contributed by atoms with Gasteiger partial charge in [0.15, 0.2) is 0 Å². The molecule has 0 aromatic carbocycles. The molecule has 0 spiro atoms. The van der Waals surface area contributed by atoms with Crippen molar-refractivity contribution in [1.82, 2.24) is 10.6 Å². The van der Waals surface area contributed by atoms with Crippen molar-refractivity contribution < 1.29 is 19.8 Å². The topological polar surface area (TPSA) is 104 Å². The van der Waals surface area contributed by atoms with Gasteiger partial charge in [-0.3, -0.25) is 0 Å². The van der Waals surface area contributed by atoms with Gasteiger partial charge in [-0.1, -0.05) is 0 Å². The molecule has 0 amide bonds. The van der Waals surface area contributed by atoms with E-state index in [0.717, 1.165) is 38.8 Å². The van der Waals surface area contributed by atoms with E-state index in [1.807, 2.05) is 0 Å². The van der Waals surface area contributed by atoms with Crippen LogP contribution in [0.4, 0.5) is 0 Å². The van der Waals surface area contributed by atoms with Crippen LogP contribution in [0, 0.1) is 0 Å². The van der Waals surface area contributed by atoms with Crippen molar-refractivity contribution in [3.8, 4) is 0 Å². The van der Waals surface area contributed by atoms with Gasteiger partial charge < -0.3 is 30.4 Å². The van der Waals surface area contributed by atoms with Crippen LogP contribution in [0.25, 0.3) is 0 Å². The van der Waals surface area contributed by atoms with Crippen molar-refractivity contribution in [3.05, 3.63) is 0 Å². The Bertz CT molecular complexity index is 225. The summed E-state index contributed by atoms with van der Waals surface area (Å²) in [6.45, 7) is 1.64. The number of carboxylic acids is 2. The molecule has 2 radical (unpaired) electrons. The third kappa shape index (κ3) is 6.32. The van der Waals surface area contributed by atoms with Crippen LogP contribution in [0.2, 0.25) is 0 Å². The molecule has 2 atom stereocenters. The van der Waals surface area contributed by atoms with Crippen molar-refractivity contribution in [2.75, 3.05) is 13.1 Å². The summed E-state index contributed by atoms with van der Waals surface area (Å²) in [5.41, 5.74) is 0. The average Bonchev–Trinajstić information content (AvgIpc) is 2.93. The fourth-order valence-electron chi connectivity index (χ4n) is 1.77. The van der Waals surface area contributed by atoms with Gasteiger partial charge in [-0.2, -0.15) is 0 Å². The zero-order chi connectivity index (χ0) is 12.0. The van der Waals surface area contributed by atoms with Crippen molar-refractivity contribution in [3.63, 3.8) is 0 Å². The van der Waals surface area contributed by atoms with Crippen molar-refractivity contribution in [2.24, 2.45) is 0 Å². The maximum Gasteiger partial charge on any atom is 2.00 e. The molecule has 2 aliphatic rings. The molecule has 0 aromatic heterocycles. The van der Waals surface area contributed by atoms with E-state index in [4.69, 9.17) is 0 Å². The van der Waals surface area contributed by atoms with Crippen LogP contribution < -0.4 is 20.8 Å². The van der Waals surface area contributed by atoms with Crippen LogP contribution in [-0.4, -0.2) is 64.4 Å². The van der Waals surface area contributed by atoms with Gasteiger partial charge >= 0.3 is 27.3 Å². The maximum absolute atomic E-state index is 10.0. The molecule has 2 fully saturated rings. The summed E-state index contributed by atoms with van der Waals surface area (Å²) >= 11 is 0. The quantitative estimate of drug-likeness (QED) is 0.438. The summed E-state index contributed by atoms with van der Waals surface area (Å²) in [6.07, 6.45) is 3.36. The fourth-order valence-corrected chi connectivity index (χ4v) is 1.77. The van der Waals surface area contributed by atoms with Crippen molar-refractivity contribution >= 4 is 39.2 Å². The number of aliphatic carboxylic acids is 2. The molecule has 0 aromatic rings. The molecule has 2 saturated heterocycles. The van der Waals surface area contributed by atoms with E-state index in [1.165, 1.54) is 0 Å². The Morgan fingerprint density at radius 3 is 1.35 bits per heavy atom. The van der Waals surface area contributed by atoms with Crippen LogP contribution in [-0.2, 0) is 9.59 Å². The summed E-state index contributed by atoms with van der Waals surface area (Å²) in [5.74, 6) is -1.94. The SMILES string of the molecule is O=C([O-])[C@@H]1CCCN1.O=C([O-])[C@@H]1CCCN1.[Pb+2]. The number of carbonyl (C=O) groups is 2. The van der Waals surface area contributed by atoms with Gasteiger partial charge in [-0.05, 0) is 38.8 Å². The van der Waals surface area contributed by atoms with Crippen molar-refractivity contribution in [2.45, 2.75) is 37.8 Å². The molecule has 2 N–H and O–H groups in total. The first-order chi connectivity index (χ1) is 7.61. The van der Waals surface area contributed by atoms with Gasteiger partial charge in [0, 0.05) is 12.1 Å².